The van der Waals surface area contributed by atoms with Gasteiger partial charge >= 0.3 is 0 Å². The van der Waals surface area contributed by atoms with Crippen molar-refractivity contribution in [1.82, 2.24) is 40.3 Å². The molecule has 2 aliphatic heterocycles. The number of ether oxygens (including phenoxy) is 1. The lowest BCUT2D eigenvalue weighted by molar-refractivity contribution is -0.136. The Morgan fingerprint density at radius 3 is 2.59 bits per heavy atom. The Balaban J connectivity index is 0.758. The Bertz CT molecular complexity index is 2480. The summed E-state index contributed by atoms with van der Waals surface area (Å²) in [7, 11) is 1.85. The van der Waals surface area contributed by atoms with Crippen LogP contribution >= 0.6 is 11.3 Å². The molecule has 4 N–H and O–H groups in total. The van der Waals surface area contributed by atoms with E-state index in [4.69, 9.17) is 9.72 Å². The minimum absolute atomic E-state index is 0.0588. The first-order chi connectivity index (χ1) is 28.2. The topological polar surface area (TPSA) is 226 Å². The van der Waals surface area contributed by atoms with Crippen molar-refractivity contribution in [3.63, 3.8) is 0 Å². The highest BCUT2D eigenvalue weighted by Gasteiger charge is 2.44. The van der Waals surface area contributed by atoms with Crippen LogP contribution in [0.25, 0.3) is 27.5 Å². The number of nitrogens with zero attached hydrogens (tertiary/aromatic N) is 7. The summed E-state index contributed by atoms with van der Waals surface area (Å²) in [6.07, 6.45) is 7.16. The van der Waals surface area contributed by atoms with E-state index in [0.717, 1.165) is 68.8 Å². The number of hydrogen-bond acceptors (Lipinski definition) is 14. The number of nitrogens with one attached hydrogen (secondary N) is 4. The van der Waals surface area contributed by atoms with Gasteiger partial charge < -0.3 is 20.7 Å². The lowest BCUT2D eigenvalue weighted by atomic mass is 9.86. The van der Waals surface area contributed by atoms with Crippen LogP contribution in [0, 0.1) is 11.3 Å². The van der Waals surface area contributed by atoms with Gasteiger partial charge in [0.15, 0.2) is 5.01 Å². The monoisotopic (exact) mass is 801 g/mol. The summed E-state index contributed by atoms with van der Waals surface area (Å²) in [5, 5.41) is 36.2. The highest BCUT2D eigenvalue weighted by atomic mass is 32.1. The molecule has 0 radical (unpaired) electrons. The molecule has 4 aromatic heterocycles. The zero-order chi connectivity index (χ0) is 40.3. The molecule has 1 aromatic carbocycles. The molecule has 0 bridgehead atoms. The molecule has 1 atom stereocenters. The van der Waals surface area contributed by atoms with Gasteiger partial charge in [-0.25, -0.2) is 4.52 Å². The third-order valence-electron chi connectivity index (χ3n) is 10.7. The molecule has 6 heterocycles. The van der Waals surface area contributed by atoms with Crippen LogP contribution in [-0.4, -0.2) is 98.1 Å². The average Bonchev–Trinajstić information content (AvgIpc) is 3.96. The second-order valence-corrected chi connectivity index (χ2v) is 15.3. The second-order valence-electron chi connectivity index (χ2n) is 14.3. The lowest BCUT2D eigenvalue weighted by Gasteiger charge is -2.27. The molecule has 1 saturated carbocycles. The fourth-order valence-electron chi connectivity index (χ4n) is 7.64. The quantitative estimate of drug-likeness (QED) is 0.0981. The molecule has 1 aliphatic carbocycles. The normalized spacial score (nSPS) is 19.2. The molecule has 2 fully saturated rings. The van der Waals surface area contributed by atoms with Crippen molar-refractivity contribution >= 4 is 57.8 Å². The van der Waals surface area contributed by atoms with Gasteiger partial charge in [-0.05, 0) is 74.6 Å². The highest BCUT2D eigenvalue weighted by molar-refractivity contribution is 7.14. The first kappa shape index (κ1) is 38.3. The summed E-state index contributed by atoms with van der Waals surface area (Å²) >= 11 is 1.56. The molecule has 58 heavy (non-hydrogen) atoms. The van der Waals surface area contributed by atoms with Crippen molar-refractivity contribution in [2.75, 3.05) is 37.4 Å². The second kappa shape index (κ2) is 16.5. The van der Waals surface area contributed by atoms with Crippen LogP contribution in [-0.2, 0) is 19.1 Å². The maximum absolute atomic E-state index is 13.1. The van der Waals surface area contributed by atoms with Crippen molar-refractivity contribution < 1.29 is 28.7 Å². The average molecular weight is 802 g/mol. The number of rotatable bonds is 13. The summed E-state index contributed by atoms with van der Waals surface area (Å²) in [5.41, 5.74) is 5.57. The predicted molar refractivity (Wildman–Crippen MR) is 212 cm³/mol. The van der Waals surface area contributed by atoms with Crippen molar-refractivity contribution in [2.24, 2.45) is 0 Å². The SMILES string of the molecule is CNc1cc(-c2ccc3cc(C#N)cnn23)ncc1-c1nnc(C2CCC(NC(=O)CCOCCNc3ccc4c(c3)C(=O)N(C3CCC(=O)NC3=O)C4=O)CC2)s1. The smallest absolute Gasteiger partial charge is 0.262 e. The van der Waals surface area contributed by atoms with Gasteiger partial charge in [0.25, 0.3) is 11.8 Å². The van der Waals surface area contributed by atoms with E-state index in [9.17, 15) is 29.2 Å². The number of hydrogen-bond donors (Lipinski definition) is 4. The zero-order valence-electron chi connectivity index (χ0n) is 31.5. The van der Waals surface area contributed by atoms with Gasteiger partial charge in [0.2, 0.25) is 17.7 Å². The molecule has 1 saturated heterocycles. The Kier molecular flexibility index (Phi) is 10.9. The summed E-state index contributed by atoms with van der Waals surface area (Å²) in [6, 6.07) is 13.6. The van der Waals surface area contributed by atoms with E-state index in [1.165, 1.54) is 6.20 Å². The Hall–Kier alpha value is -6.58. The third-order valence-corrected chi connectivity index (χ3v) is 11.8. The molecular formula is C40H39N11O6S. The van der Waals surface area contributed by atoms with Gasteiger partial charge in [-0.3, -0.25) is 39.2 Å². The van der Waals surface area contributed by atoms with E-state index in [1.54, 1.807) is 46.3 Å². The molecular weight excluding hydrogens is 763 g/mol. The van der Waals surface area contributed by atoms with Crippen LogP contribution in [0.1, 0.15) is 82.2 Å². The van der Waals surface area contributed by atoms with Gasteiger partial charge in [-0.1, -0.05) is 11.3 Å². The first-order valence-corrected chi connectivity index (χ1v) is 19.9. The van der Waals surface area contributed by atoms with Gasteiger partial charge in [-0.2, -0.15) is 10.4 Å². The number of fused-ring (bicyclic) bond motifs is 2. The van der Waals surface area contributed by atoms with Gasteiger partial charge in [0, 0.05) is 56.0 Å². The molecule has 8 rings (SSSR count). The zero-order valence-corrected chi connectivity index (χ0v) is 32.3. The van der Waals surface area contributed by atoms with E-state index in [1.807, 2.05) is 25.2 Å². The fourth-order valence-corrected chi connectivity index (χ4v) is 8.67. The van der Waals surface area contributed by atoms with Crippen LogP contribution in [0.5, 0.6) is 0 Å². The Labute approximate surface area is 336 Å². The lowest BCUT2D eigenvalue weighted by Crippen LogP contribution is -2.54. The van der Waals surface area contributed by atoms with E-state index >= 15 is 0 Å². The molecule has 5 amide bonds. The van der Waals surface area contributed by atoms with E-state index in [2.05, 4.69) is 42.6 Å². The molecule has 5 aromatic rings. The number of pyridine rings is 1. The Morgan fingerprint density at radius 1 is 0.966 bits per heavy atom. The fraction of sp³-hybridized carbons (Fsp3) is 0.350. The van der Waals surface area contributed by atoms with Crippen LogP contribution in [0.4, 0.5) is 11.4 Å². The van der Waals surface area contributed by atoms with Crippen molar-refractivity contribution in [3.05, 3.63) is 76.6 Å². The van der Waals surface area contributed by atoms with Crippen LogP contribution in [0.2, 0.25) is 0 Å². The number of benzene rings is 1. The number of carbonyl (C=O) groups excluding carboxylic acids is 5. The van der Waals surface area contributed by atoms with Gasteiger partial charge in [0.05, 0.1) is 58.6 Å². The number of imide groups is 2. The Morgan fingerprint density at radius 2 is 1.79 bits per heavy atom. The molecule has 0 spiro atoms. The molecule has 3 aliphatic rings. The highest BCUT2D eigenvalue weighted by Crippen LogP contribution is 2.39. The minimum atomic E-state index is -1.02. The number of piperidine rings is 1. The number of carbonyl (C=O) groups is 5. The number of amides is 5. The number of anilines is 2. The van der Waals surface area contributed by atoms with Crippen LogP contribution in [0.3, 0.4) is 0 Å². The van der Waals surface area contributed by atoms with Crippen molar-refractivity contribution in [1.29, 1.82) is 5.26 Å². The molecule has 17 nitrogen and oxygen atoms in total. The summed E-state index contributed by atoms with van der Waals surface area (Å²) in [6.45, 7) is 0.974. The van der Waals surface area contributed by atoms with Crippen LogP contribution in [0.15, 0.2) is 54.9 Å². The maximum atomic E-state index is 13.1. The van der Waals surface area contributed by atoms with E-state index < -0.39 is 29.7 Å². The standard InChI is InChI=1S/C40H39N11O6S/c1-42-30-18-31(32-9-7-26-16-22(19-41)20-45-51(26)32)44-21-29(30)38-49-48-37(58-38)23-2-4-24(5-3-23)46-35(53)12-14-57-15-13-43-25-6-8-27-28(17-25)40(56)50(39(27)55)33-10-11-34(52)47-36(33)54/h6-9,16-18,20-21,23-24,33,43H,2-5,10-15H2,1H3,(H,42,44)(H,46,53)(H,47,52,54). The minimum Gasteiger partial charge on any atom is -0.387 e. The largest absolute Gasteiger partial charge is 0.387 e. The summed E-state index contributed by atoms with van der Waals surface area (Å²) < 4.78 is 7.44. The first-order valence-electron chi connectivity index (χ1n) is 19.1. The van der Waals surface area contributed by atoms with Crippen molar-refractivity contribution in [2.45, 2.75) is 62.9 Å². The van der Waals surface area contributed by atoms with Gasteiger partial charge in [0.1, 0.15) is 17.1 Å². The third kappa shape index (κ3) is 7.73. The number of nitriles is 1. The van der Waals surface area contributed by atoms with Crippen molar-refractivity contribution in [3.8, 4) is 28.0 Å². The molecule has 18 heteroatoms. The summed E-state index contributed by atoms with van der Waals surface area (Å²) in [4.78, 5) is 68.2. The molecule has 1 unspecified atom stereocenters. The van der Waals surface area contributed by atoms with Crippen LogP contribution < -0.4 is 21.3 Å². The van der Waals surface area contributed by atoms with E-state index in [-0.39, 0.29) is 54.9 Å². The number of aromatic nitrogens is 5. The molecule has 296 valence electrons. The van der Waals surface area contributed by atoms with E-state index in [0.29, 0.717) is 24.4 Å². The predicted octanol–water partition coefficient (Wildman–Crippen LogP) is 3.89. The maximum Gasteiger partial charge on any atom is 0.262 e. The van der Waals surface area contributed by atoms with Gasteiger partial charge in [-0.15, -0.1) is 10.2 Å². The summed E-state index contributed by atoms with van der Waals surface area (Å²) in [5.74, 6) is -2.01.